The van der Waals surface area contributed by atoms with Crippen LogP contribution in [0.4, 0.5) is 0 Å². The van der Waals surface area contributed by atoms with Gasteiger partial charge in [-0.2, -0.15) is 0 Å². The van der Waals surface area contributed by atoms with E-state index >= 15 is 0 Å². The summed E-state index contributed by atoms with van der Waals surface area (Å²) >= 11 is 4.09. The summed E-state index contributed by atoms with van der Waals surface area (Å²) in [6.45, 7) is 27.7. The van der Waals surface area contributed by atoms with Gasteiger partial charge in [0.15, 0.2) is 11.5 Å². The highest BCUT2D eigenvalue weighted by molar-refractivity contribution is 7.84. The van der Waals surface area contributed by atoms with Crippen molar-refractivity contribution in [1.82, 2.24) is 4.90 Å². The number of likely N-dealkylation sites (N-methyl/N-ethyl adjacent to an activating group) is 1. The summed E-state index contributed by atoms with van der Waals surface area (Å²) in [6, 6.07) is 8.39. The molecule has 4 heteroatoms. The highest BCUT2D eigenvalue weighted by atomic mass is 32.1. The Hall–Kier alpha value is -2.20. The summed E-state index contributed by atoms with van der Waals surface area (Å²) < 4.78 is 5.73. The fraction of sp³-hybridized carbons (Fsp3) is 0.500. The van der Waals surface area contributed by atoms with Gasteiger partial charge in [0.1, 0.15) is 6.61 Å². The molecular formula is C30H51NO2S. The monoisotopic (exact) mass is 489 g/mol. The lowest BCUT2D eigenvalue weighted by atomic mass is 10.0. The minimum absolute atomic E-state index is 0.00903. The van der Waals surface area contributed by atoms with Gasteiger partial charge in [-0.3, -0.25) is 4.79 Å². The largest absolute Gasteiger partial charge is 0.483 e. The average Bonchev–Trinajstić information content (AvgIpc) is 3.63. The molecule has 0 unspecified atom stereocenters. The third-order valence-corrected chi connectivity index (χ3v) is 4.54. The minimum atomic E-state index is 0.00903. The van der Waals surface area contributed by atoms with Gasteiger partial charge in [0.05, 0.1) is 12.2 Å². The molecule has 1 heterocycles. The first kappa shape index (κ1) is 36.4. The summed E-state index contributed by atoms with van der Waals surface area (Å²) in [6.07, 6.45) is 7.39. The van der Waals surface area contributed by atoms with E-state index in [9.17, 15) is 4.79 Å². The van der Waals surface area contributed by atoms with Gasteiger partial charge in [0.2, 0.25) is 0 Å². The second-order valence-electron chi connectivity index (χ2n) is 6.86. The molecule has 3 nitrogen and oxygen atoms in total. The number of ketones is 1. The Kier molecular flexibility index (Phi) is 25.6. The van der Waals surface area contributed by atoms with Crippen LogP contribution in [0.2, 0.25) is 0 Å². The highest BCUT2D eigenvalue weighted by Gasteiger charge is 2.30. The lowest BCUT2D eigenvalue weighted by Gasteiger charge is -2.10. The molecule has 2 rings (SSSR count). The van der Waals surface area contributed by atoms with Crippen LogP contribution >= 0.6 is 12.6 Å². The number of allylic oxidation sites excluding steroid dienone is 5. The predicted octanol–water partition coefficient (Wildman–Crippen LogP) is 9.10. The Balaban J connectivity index is -0.000000578. The van der Waals surface area contributed by atoms with E-state index in [1.165, 1.54) is 5.56 Å². The number of rotatable bonds is 8. The number of carbonyl (C=O) groups is 1. The van der Waals surface area contributed by atoms with Gasteiger partial charge < -0.3 is 9.64 Å². The van der Waals surface area contributed by atoms with Crippen molar-refractivity contribution in [2.24, 2.45) is 0 Å². The highest BCUT2D eigenvalue weighted by Crippen LogP contribution is 2.27. The van der Waals surface area contributed by atoms with E-state index in [0.717, 1.165) is 29.3 Å². The summed E-state index contributed by atoms with van der Waals surface area (Å²) in [5.41, 5.74) is 3.45. The molecule has 0 amide bonds. The molecule has 0 N–H and O–H groups in total. The number of Topliss-reactive ketones (excluding diaryl/α,β-unsaturated/α-hetero) is 1. The van der Waals surface area contributed by atoms with E-state index in [-0.39, 0.29) is 5.78 Å². The standard InChI is InChI=1S/C17H23NO2.C7H10S.3C2H6/c1-5-18-10-16(18)17(13(4)19)20-11-14-6-8-15(9-7-14)12(2)3;1-3-5-7(8)6-4-2;3*1-2/h6-9,12H,5,10-11H2,1-4H3;3-6,8H,1H2,2H3;3*1-2H3/b17-16-;6-4-,7-5+;;;. The lowest BCUT2D eigenvalue weighted by molar-refractivity contribution is -0.117. The second kappa shape index (κ2) is 23.9. The summed E-state index contributed by atoms with van der Waals surface area (Å²) in [4.78, 5) is 14.7. The number of benzene rings is 1. The topological polar surface area (TPSA) is 29.3 Å². The first-order valence-corrected chi connectivity index (χ1v) is 13.1. The van der Waals surface area contributed by atoms with Crippen LogP contribution in [0.1, 0.15) is 93.2 Å². The third-order valence-electron chi connectivity index (χ3n) is 4.24. The van der Waals surface area contributed by atoms with Gasteiger partial charge in [0, 0.05) is 18.4 Å². The molecule has 0 radical (unpaired) electrons. The Morgan fingerprint density at radius 1 is 1.12 bits per heavy atom. The van der Waals surface area contributed by atoms with Gasteiger partial charge >= 0.3 is 0 Å². The molecule has 1 aliphatic rings. The molecule has 1 fully saturated rings. The van der Waals surface area contributed by atoms with Crippen molar-refractivity contribution in [2.45, 2.75) is 88.7 Å². The number of carbonyl (C=O) groups excluding carboxylic acids is 1. The van der Waals surface area contributed by atoms with Gasteiger partial charge in [-0.1, -0.05) is 104 Å². The smallest absolute Gasteiger partial charge is 0.196 e. The molecule has 0 saturated carbocycles. The van der Waals surface area contributed by atoms with Crippen molar-refractivity contribution in [1.29, 1.82) is 0 Å². The van der Waals surface area contributed by atoms with Crippen LogP contribution < -0.4 is 0 Å². The molecule has 0 aliphatic carbocycles. The zero-order valence-corrected chi connectivity index (χ0v) is 24.6. The maximum Gasteiger partial charge on any atom is 0.196 e. The number of hydrogen-bond donors (Lipinski definition) is 1. The van der Waals surface area contributed by atoms with Crippen molar-refractivity contribution in [3.63, 3.8) is 0 Å². The maximum absolute atomic E-state index is 11.6. The number of hydrogen-bond acceptors (Lipinski definition) is 4. The fourth-order valence-corrected chi connectivity index (χ4v) is 2.81. The van der Waals surface area contributed by atoms with Crippen molar-refractivity contribution >= 4 is 18.4 Å². The number of thiol groups is 1. The Bertz CT molecular complexity index is 744. The third kappa shape index (κ3) is 16.4. The van der Waals surface area contributed by atoms with Gasteiger partial charge in [-0.15, -0.1) is 12.6 Å². The zero-order chi connectivity index (χ0) is 27.1. The van der Waals surface area contributed by atoms with Crippen molar-refractivity contribution in [2.75, 3.05) is 13.1 Å². The number of ether oxygens (including phenoxy) is 1. The molecule has 194 valence electrons. The van der Waals surface area contributed by atoms with E-state index in [1.54, 1.807) is 13.0 Å². The fourth-order valence-electron chi connectivity index (χ4n) is 2.55. The molecule has 1 aromatic rings. The van der Waals surface area contributed by atoms with E-state index in [0.29, 0.717) is 18.3 Å². The van der Waals surface area contributed by atoms with Crippen LogP contribution in [0, 0.1) is 0 Å². The second-order valence-corrected chi connectivity index (χ2v) is 7.37. The maximum atomic E-state index is 11.6. The molecule has 0 bridgehead atoms. The predicted molar refractivity (Wildman–Crippen MR) is 156 cm³/mol. The van der Waals surface area contributed by atoms with Crippen molar-refractivity contribution < 1.29 is 9.53 Å². The normalized spacial score (nSPS) is 13.1. The van der Waals surface area contributed by atoms with E-state index in [2.05, 4.69) is 69.1 Å². The molecule has 1 aromatic carbocycles. The van der Waals surface area contributed by atoms with E-state index < -0.39 is 0 Å². The van der Waals surface area contributed by atoms with Crippen LogP contribution in [-0.2, 0) is 16.1 Å². The van der Waals surface area contributed by atoms with Crippen LogP contribution in [-0.4, -0.2) is 23.8 Å². The molecule has 0 atom stereocenters. The molecule has 0 spiro atoms. The minimum Gasteiger partial charge on any atom is -0.483 e. The van der Waals surface area contributed by atoms with Crippen molar-refractivity contribution in [3.8, 4) is 0 Å². The van der Waals surface area contributed by atoms with Crippen LogP contribution in [0.5, 0.6) is 0 Å². The van der Waals surface area contributed by atoms with E-state index in [1.807, 2.05) is 66.7 Å². The number of nitrogens with zero attached hydrogens (tertiary/aromatic N) is 1. The first-order valence-electron chi connectivity index (χ1n) is 12.7. The zero-order valence-electron chi connectivity index (χ0n) is 23.7. The Morgan fingerprint density at radius 3 is 2.00 bits per heavy atom. The quantitative estimate of drug-likeness (QED) is 0.130. The molecule has 1 aliphatic heterocycles. The van der Waals surface area contributed by atoms with Gasteiger partial charge in [0.25, 0.3) is 0 Å². The SMILES string of the molecule is C=C/C=C(S)\C=C/C.CC.CC.CC.CCN1C/C1=C(/OCc1ccc(C(C)C)cc1)C(C)=O. The summed E-state index contributed by atoms with van der Waals surface area (Å²) in [7, 11) is 0. The van der Waals surface area contributed by atoms with Gasteiger partial charge in [-0.05, 0) is 37.0 Å². The Labute approximate surface area is 217 Å². The van der Waals surface area contributed by atoms with E-state index in [4.69, 9.17) is 4.74 Å². The first-order chi connectivity index (χ1) is 16.3. The summed E-state index contributed by atoms with van der Waals surface area (Å²) in [5, 5.41) is 0. The average molecular weight is 490 g/mol. The molecular weight excluding hydrogens is 438 g/mol. The van der Waals surface area contributed by atoms with Crippen LogP contribution in [0.3, 0.4) is 0 Å². The lowest BCUT2D eigenvalue weighted by Crippen LogP contribution is -2.05. The Morgan fingerprint density at radius 2 is 1.65 bits per heavy atom. The van der Waals surface area contributed by atoms with Crippen molar-refractivity contribution in [3.05, 3.63) is 82.6 Å². The van der Waals surface area contributed by atoms with Crippen LogP contribution in [0.25, 0.3) is 0 Å². The molecule has 0 aromatic heterocycles. The molecule has 1 saturated heterocycles. The van der Waals surface area contributed by atoms with Gasteiger partial charge in [-0.25, -0.2) is 0 Å². The molecule has 34 heavy (non-hydrogen) atoms. The summed E-state index contributed by atoms with van der Waals surface area (Å²) in [5.74, 6) is 1.07. The van der Waals surface area contributed by atoms with Crippen LogP contribution in [0.15, 0.2) is 71.5 Å².